The van der Waals surface area contributed by atoms with Crippen molar-refractivity contribution in [2.45, 2.75) is 37.2 Å². The number of nitrogens with one attached hydrogen (secondary N) is 1. The Kier molecular flexibility index (Phi) is 3.49. The first-order chi connectivity index (χ1) is 10.8. The van der Waals surface area contributed by atoms with Crippen LogP contribution in [0.3, 0.4) is 0 Å². The smallest absolute Gasteiger partial charge is 0.137 e. The minimum Gasteiger partial charge on any atom is -0.376 e. The lowest BCUT2D eigenvalue weighted by atomic mass is 10.0. The minimum atomic E-state index is 0.109. The summed E-state index contributed by atoms with van der Waals surface area (Å²) < 4.78 is 5.90. The van der Waals surface area contributed by atoms with Crippen LogP contribution in [0, 0.1) is 0 Å². The van der Waals surface area contributed by atoms with Crippen LogP contribution < -0.4 is 4.90 Å². The van der Waals surface area contributed by atoms with E-state index in [0.29, 0.717) is 5.92 Å². The van der Waals surface area contributed by atoms with E-state index in [4.69, 9.17) is 4.74 Å². The maximum atomic E-state index is 5.90. The molecule has 1 saturated carbocycles. The third-order valence-electron chi connectivity index (χ3n) is 4.44. The molecule has 0 bridgehead atoms. The molecule has 22 heavy (non-hydrogen) atoms. The molecule has 4 rings (SSSR count). The lowest BCUT2D eigenvalue weighted by Crippen LogP contribution is -2.33. The number of ether oxygens (including phenoxy) is 1. The van der Waals surface area contributed by atoms with Gasteiger partial charge in [0.05, 0.1) is 6.10 Å². The Morgan fingerprint density at radius 1 is 1.32 bits per heavy atom. The normalized spacial score (nSPS) is 24.6. The molecule has 0 unspecified atom stereocenters. The van der Waals surface area contributed by atoms with Crippen molar-refractivity contribution < 1.29 is 4.74 Å². The second kappa shape index (κ2) is 5.64. The Morgan fingerprint density at radius 2 is 2.23 bits per heavy atom. The average Bonchev–Trinajstić information content (AvgIpc) is 3.06. The monoisotopic (exact) mass is 300 g/mol. The Morgan fingerprint density at radius 3 is 3.00 bits per heavy atom. The van der Waals surface area contributed by atoms with E-state index >= 15 is 0 Å². The van der Waals surface area contributed by atoms with Gasteiger partial charge in [0, 0.05) is 38.2 Å². The Hall–Kier alpha value is -2.02. The molecule has 2 aliphatic rings. The second-order valence-electron chi connectivity index (χ2n) is 6.10. The summed E-state index contributed by atoms with van der Waals surface area (Å²) in [7, 11) is 2.05. The topological polar surface area (TPSA) is 79.8 Å². The SMILES string of the molecule is CN(C[C@H]1OCC[C@H]1c1ncn[nH]1)c1ccnc(C2CC2)n1. The predicted octanol–water partition coefficient (Wildman–Crippen LogP) is 1.48. The molecule has 0 aromatic carbocycles. The molecule has 7 nitrogen and oxygen atoms in total. The molecule has 2 atom stereocenters. The highest BCUT2D eigenvalue weighted by atomic mass is 16.5. The van der Waals surface area contributed by atoms with Crippen molar-refractivity contribution in [2.24, 2.45) is 0 Å². The van der Waals surface area contributed by atoms with Crippen LogP contribution in [-0.4, -0.2) is 51.5 Å². The number of H-pyrrole nitrogens is 1. The van der Waals surface area contributed by atoms with E-state index in [9.17, 15) is 0 Å². The van der Waals surface area contributed by atoms with Crippen LogP contribution in [0.5, 0.6) is 0 Å². The van der Waals surface area contributed by atoms with E-state index in [0.717, 1.165) is 37.0 Å². The largest absolute Gasteiger partial charge is 0.376 e. The van der Waals surface area contributed by atoms with Crippen LogP contribution in [0.15, 0.2) is 18.6 Å². The van der Waals surface area contributed by atoms with Gasteiger partial charge >= 0.3 is 0 Å². The lowest BCUT2D eigenvalue weighted by molar-refractivity contribution is 0.108. The third kappa shape index (κ3) is 2.68. The molecule has 7 heteroatoms. The minimum absolute atomic E-state index is 0.109. The molecule has 1 aliphatic heterocycles. The van der Waals surface area contributed by atoms with Gasteiger partial charge in [0.25, 0.3) is 0 Å². The van der Waals surface area contributed by atoms with Crippen molar-refractivity contribution in [3.63, 3.8) is 0 Å². The van der Waals surface area contributed by atoms with Crippen molar-refractivity contribution in [1.29, 1.82) is 0 Å². The van der Waals surface area contributed by atoms with Crippen molar-refractivity contribution in [3.8, 4) is 0 Å². The Balaban J connectivity index is 1.46. The number of aromatic nitrogens is 5. The molecule has 3 heterocycles. The standard InChI is InChI=1S/C15H20N6O/c1-21(13-4-6-16-14(19-13)10-2-3-10)8-12-11(5-7-22-12)15-17-9-18-20-15/h4,6,9-12H,2-3,5,7-8H2,1H3,(H,17,18,20)/t11-,12-/m1/s1. The van der Waals surface area contributed by atoms with E-state index < -0.39 is 0 Å². The highest BCUT2D eigenvalue weighted by Crippen LogP contribution is 2.38. The molecule has 1 aliphatic carbocycles. The summed E-state index contributed by atoms with van der Waals surface area (Å²) in [4.78, 5) is 15.5. The molecule has 2 aromatic heterocycles. The number of aromatic amines is 1. The van der Waals surface area contributed by atoms with Gasteiger partial charge in [-0.15, -0.1) is 0 Å². The van der Waals surface area contributed by atoms with Crippen LogP contribution in [-0.2, 0) is 4.74 Å². The zero-order valence-corrected chi connectivity index (χ0v) is 12.6. The van der Waals surface area contributed by atoms with Crippen molar-refractivity contribution in [1.82, 2.24) is 25.1 Å². The van der Waals surface area contributed by atoms with E-state index in [2.05, 4.69) is 37.1 Å². The van der Waals surface area contributed by atoms with Crippen molar-refractivity contribution in [3.05, 3.63) is 30.2 Å². The molecule has 1 saturated heterocycles. The van der Waals surface area contributed by atoms with Gasteiger partial charge in [0.2, 0.25) is 0 Å². The molecule has 0 radical (unpaired) electrons. The molecule has 0 spiro atoms. The van der Waals surface area contributed by atoms with Crippen molar-refractivity contribution in [2.75, 3.05) is 25.1 Å². The zero-order valence-electron chi connectivity index (χ0n) is 12.6. The lowest BCUT2D eigenvalue weighted by Gasteiger charge is -2.24. The van der Waals surface area contributed by atoms with Gasteiger partial charge in [-0.3, -0.25) is 5.10 Å². The maximum Gasteiger partial charge on any atom is 0.137 e. The Labute approximate surface area is 129 Å². The number of hydrogen-bond acceptors (Lipinski definition) is 6. The fourth-order valence-corrected chi connectivity index (χ4v) is 3.01. The van der Waals surface area contributed by atoms with E-state index in [1.54, 1.807) is 6.33 Å². The highest BCUT2D eigenvalue weighted by molar-refractivity contribution is 5.37. The summed E-state index contributed by atoms with van der Waals surface area (Å²) in [6.07, 6.45) is 6.93. The molecule has 1 N–H and O–H groups in total. The summed E-state index contributed by atoms with van der Waals surface area (Å²) >= 11 is 0. The summed E-state index contributed by atoms with van der Waals surface area (Å²) in [5, 5.41) is 6.92. The first kappa shape index (κ1) is 13.6. The molecular weight excluding hydrogens is 280 g/mol. The van der Waals surface area contributed by atoms with E-state index in [1.165, 1.54) is 12.8 Å². The van der Waals surface area contributed by atoms with Gasteiger partial charge < -0.3 is 9.64 Å². The molecular formula is C15H20N6O. The van der Waals surface area contributed by atoms with Crippen LogP contribution in [0.1, 0.15) is 42.7 Å². The van der Waals surface area contributed by atoms with E-state index in [1.807, 2.05) is 12.3 Å². The van der Waals surface area contributed by atoms with E-state index in [-0.39, 0.29) is 12.0 Å². The first-order valence-electron chi connectivity index (χ1n) is 7.82. The van der Waals surface area contributed by atoms with Crippen LogP contribution in [0.4, 0.5) is 5.82 Å². The maximum absolute atomic E-state index is 5.90. The van der Waals surface area contributed by atoms with Gasteiger partial charge in [-0.05, 0) is 25.3 Å². The van der Waals surface area contributed by atoms with Gasteiger partial charge in [-0.2, -0.15) is 5.10 Å². The molecule has 2 aromatic rings. The van der Waals surface area contributed by atoms with Crippen molar-refractivity contribution >= 4 is 5.82 Å². The van der Waals surface area contributed by atoms with Gasteiger partial charge in [-0.25, -0.2) is 15.0 Å². The summed E-state index contributed by atoms with van der Waals surface area (Å²) in [5.41, 5.74) is 0. The third-order valence-corrected chi connectivity index (χ3v) is 4.44. The average molecular weight is 300 g/mol. The fourth-order valence-electron chi connectivity index (χ4n) is 3.01. The number of hydrogen-bond donors (Lipinski definition) is 1. The van der Waals surface area contributed by atoms with Crippen LogP contribution >= 0.6 is 0 Å². The van der Waals surface area contributed by atoms with Gasteiger partial charge in [0.1, 0.15) is 23.8 Å². The summed E-state index contributed by atoms with van der Waals surface area (Å²) in [5.74, 6) is 3.69. The van der Waals surface area contributed by atoms with Gasteiger partial charge in [-0.1, -0.05) is 0 Å². The molecule has 116 valence electrons. The first-order valence-corrected chi connectivity index (χ1v) is 7.82. The highest BCUT2D eigenvalue weighted by Gasteiger charge is 2.33. The molecule has 2 fully saturated rings. The number of likely N-dealkylation sites (N-methyl/N-ethyl adjacent to an activating group) is 1. The fraction of sp³-hybridized carbons (Fsp3) is 0.600. The quantitative estimate of drug-likeness (QED) is 0.901. The second-order valence-corrected chi connectivity index (χ2v) is 6.10. The zero-order chi connectivity index (χ0) is 14.9. The summed E-state index contributed by atoms with van der Waals surface area (Å²) in [6, 6.07) is 1.96. The Bertz CT molecular complexity index is 627. The number of anilines is 1. The van der Waals surface area contributed by atoms with Crippen LogP contribution in [0.2, 0.25) is 0 Å². The van der Waals surface area contributed by atoms with Crippen LogP contribution in [0.25, 0.3) is 0 Å². The van der Waals surface area contributed by atoms with Gasteiger partial charge in [0.15, 0.2) is 0 Å². The predicted molar refractivity (Wildman–Crippen MR) is 80.8 cm³/mol. The number of rotatable bonds is 5. The molecule has 0 amide bonds. The number of nitrogens with zero attached hydrogens (tertiary/aromatic N) is 5. The summed E-state index contributed by atoms with van der Waals surface area (Å²) in [6.45, 7) is 1.55.